The molecule has 6 heteroatoms. The van der Waals surface area contributed by atoms with Crippen LogP contribution in [0.15, 0.2) is 18.2 Å². The zero-order chi connectivity index (χ0) is 15.2. The van der Waals surface area contributed by atoms with Gasteiger partial charge in [0.2, 0.25) is 0 Å². The van der Waals surface area contributed by atoms with E-state index in [2.05, 4.69) is 0 Å². The first-order chi connectivity index (χ1) is 10.1. The van der Waals surface area contributed by atoms with Crippen LogP contribution in [0.25, 0.3) is 0 Å². The molecule has 21 heavy (non-hydrogen) atoms. The number of nitro groups is 1. The van der Waals surface area contributed by atoms with Gasteiger partial charge < -0.3 is 15.2 Å². The Morgan fingerprint density at radius 3 is 2.67 bits per heavy atom. The summed E-state index contributed by atoms with van der Waals surface area (Å²) in [5.41, 5.74) is 6.03. The summed E-state index contributed by atoms with van der Waals surface area (Å²) >= 11 is 0. The third-order valence-corrected chi connectivity index (χ3v) is 3.59. The molecular formula is C15H22N2O4. The van der Waals surface area contributed by atoms with Crippen molar-refractivity contribution in [2.45, 2.75) is 51.2 Å². The molecule has 0 radical (unpaired) electrons. The molecule has 0 aliphatic heterocycles. The van der Waals surface area contributed by atoms with E-state index >= 15 is 0 Å². The summed E-state index contributed by atoms with van der Waals surface area (Å²) < 4.78 is 11.4. The molecule has 1 aromatic rings. The third-order valence-electron chi connectivity index (χ3n) is 3.59. The van der Waals surface area contributed by atoms with Crippen LogP contribution in [0.5, 0.6) is 11.5 Å². The number of ether oxygens (including phenoxy) is 2. The standard InChI is InChI=1S/C15H22N2O4/c1-2-7-20-12-8-11(17(18)19)9-13(10-12)21-15-6-4-3-5-14(15)16/h8-10,14-15H,2-7,16H2,1H3. The van der Waals surface area contributed by atoms with Crippen LogP contribution in [-0.4, -0.2) is 23.7 Å². The zero-order valence-electron chi connectivity index (χ0n) is 12.3. The second-order valence-electron chi connectivity index (χ2n) is 5.37. The molecule has 1 saturated carbocycles. The summed E-state index contributed by atoms with van der Waals surface area (Å²) in [6.07, 6.45) is 4.76. The fourth-order valence-electron chi connectivity index (χ4n) is 2.48. The van der Waals surface area contributed by atoms with Crippen molar-refractivity contribution in [3.05, 3.63) is 28.3 Å². The lowest BCUT2D eigenvalue weighted by molar-refractivity contribution is -0.385. The highest BCUT2D eigenvalue weighted by Crippen LogP contribution is 2.30. The Bertz CT molecular complexity index is 493. The van der Waals surface area contributed by atoms with Gasteiger partial charge in [-0.25, -0.2) is 0 Å². The van der Waals surface area contributed by atoms with E-state index in [0.717, 1.165) is 32.1 Å². The third kappa shape index (κ3) is 4.32. The molecule has 0 saturated heterocycles. The lowest BCUT2D eigenvalue weighted by atomic mass is 9.93. The van der Waals surface area contributed by atoms with Crippen molar-refractivity contribution in [1.29, 1.82) is 0 Å². The Kier molecular flexibility index (Phi) is 5.38. The molecule has 2 unspecified atom stereocenters. The molecule has 2 rings (SSSR count). The minimum atomic E-state index is -0.438. The van der Waals surface area contributed by atoms with E-state index in [1.807, 2.05) is 6.92 Å². The number of nitro benzene ring substituents is 1. The van der Waals surface area contributed by atoms with Gasteiger partial charge in [0.05, 0.1) is 23.7 Å². The normalized spacial score (nSPS) is 21.8. The Balaban J connectivity index is 2.16. The largest absolute Gasteiger partial charge is 0.493 e. The molecule has 6 nitrogen and oxygen atoms in total. The molecule has 0 aromatic heterocycles. The van der Waals surface area contributed by atoms with Crippen molar-refractivity contribution in [1.82, 2.24) is 0 Å². The summed E-state index contributed by atoms with van der Waals surface area (Å²) in [6, 6.07) is 4.53. The van der Waals surface area contributed by atoms with E-state index in [1.54, 1.807) is 6.07 Å². The molecule has 1 aliphatic carbocycles. The molecule has 0 heterocycles. The van der Waals surface area contributed by atoms with Crippen LogP contribution in [0.1, 0.15) is 39.0 Å². The number of nitrogens with zero attached hydrogens (tertiary/aromatic N) is 1. The maximum atomic E-state index is 11.0. The van der Waals surface area contributed by atoms with Crippen LogP contribution in [0.2, 0.25) is 0 Å². The van der Waals surface area contributed by atoms with Crippen molar-refractivity contribution >= 4 is 5.69 Å². The SMILES string of the molecule is CCCOc1cc(OC2CCCCC2N)cc([N+](=O)[O-])c1. The molecule has 2 N–H and O–H groups in total. The van der Waals surface area contributed by atoms with Crippen LogP contribution in [0, 0.1) is 10.1 Å². The number of hydrogen-bond donors (Lipinski definition) is 1. The molecule has 2 atom stereocenters. The van der Waals surface area contributed by atoms with Crippen LogP contribution in [-0.2, 0) is 0 Å². The highest BCUT2D eigenvalue weighted by atomic mass is 16.6. The maximum absolute atomic E-state index is 11.0. The van der Waals surface area contributed by atoms with Crippen molar-refractivity contribution in [2.75, 3.05) is 6.61 Å². The number of non-ortho nitro benzene ring substituents is 1. The van der Waals surface area contributed by atoms with Crippen molar-refractivity contribution in [3.8, 4) is 11.5 Å². The van der Waals surface area contributed by atoms with Gasteiger partial charge in [0.15, 0.2) is 0 Å². The maximum Gasteiger partial charge on any atom is 0.276 e. The molecule has 116 valence electrons. The second kappa shape index (κ2) is 7.26. The minimum Gasteiger partial charge on any atom is -0.493 e. The Hall–Kier alpha value is -1.82. The zero-order valence-corrected chi connectivity index (χ0v) is 12.3. The highest BCUT2D eigenvalue weighted by molar-refractivity contribution is 5.46. The fourth-order valence-corrected chi connectivity index (χ4v) is 2.48. The predicted octanol–water partition coefficient (Wildman–Crippen LogP) is 3.03. The molecule has 1 aliphatic rings. The quantitative estimate of drug-likeness (QED) is 0.643. The van der Waals surface area contributed by atoms with E-state index in [0.29, 0.717) is 18.1 Å². The molecular weight excluding hydrogens is 272 g/mol. The Morgan fingerprint density at radius 1 is 1.29 bits per heavy atom. The average molecular weight is 294 g/mol. The van der Waals surface area contributed by atoms with Gasteiger partial charge >= 0.3 is 0 Å². The van der Waals surface area contributed by atoms with Crippen LogP contribution in [0.4, 0.5) is 5.69 Å². The van der Waals surface area contributed by atoms with E-state index in [4.69, 9.17) is 15.2 Å². The first kappa shape index (κ1) is 15.6. The summed E-state index contributed by atoms with van der Waals surface area (Å²) in [5.74, 6) is 0.920. The molecule has 0 bridgehead atoms. The smallest absolute Gasteiger partial charge is 0.276 e. The van der Waals surface area contributed by atoms with E-state index in [-0.39, 0.29) is 17.8 Å². The van der Waals surface area contributed by atoms with Crippen molar-refractivity contribution < 1.29 is 14.4 Å². The molecule has 0 spiro atoms. The summed E-state index contributed by atoms with van der Waals surface area (Å²) in [4.78, 5) is 10.6. The highest BCUT2D eigenvalue weighted by Gasteiger charge is 2.24. The van der Waals surface area contributed by atoms with Gasteiger partial charge in [-0.1, -0.05) is 13.3 Å². The van der Waals surface area contributed by atoms with Gasteiger partial charge in [0.25, 0.3) is 5.69 Å². The predicted molar refractivity (Wildman–Crippen MR) is 79.7 cm³/mol. The van der Waals surface area contributed by atoms with E-state index in [1.165, 1.54) is 12.1 Å². The number of nitrogens with two attached hydrogens (primary N) is 1. The Labute approximate surface area is 124 Å². The van der Waals surface area contributed by atoms with Gasteiger partial charge in [-0.2, -0.15) is 0 Å². The first-order valence-electron chi connectivity index (χ1n) is 7.44. The van der Waals surface area contributed by atoms with Gasteiger partial charge in [-0.3, -0.25) is 10.1 Å². The van der Waals surface area contributed by atoms with E-state index < -0.39 is 4.92 Å². The van der Waals surface area contributed by atoms with Crippen LogP contribution in [0.3, 0.4) is 0 Å². The monoisotopic (exact) mass is 294 g/mol. The average Bonchev–Trinajstić information content (AvgIpc) is 2.47. The number of rotatable bonds is 6. The van der Waals surface area contributed by atoms with Crippen molar-refractivity contribution in [2.24, 2.45) is 5.73 Å². The van der Waals surface area contributed by atoms with Crippen LogP contribution >= 0.6 is 0 Å². The topological polar surface area (TPSA) is 87.6 Å². The summed E-state index contributed by atoms with van der Waals surface area (Å²) in [7, 11) is 0. The minimum absolute atomic E-state index is 0.0157. The van der Waals surface area contributed by atoms with E-state index in [9.17, 15) is 10.1 Å². The lowest BCUT2D eigenvalue weighted by Crippen LogP contribution is -2.41. The second-order valence-corrected chi connectivity index (χ2v) is 5.37. The molecule has 1 fully saturated rings. The lowest BCUT2D eigenvalue weighted by Gasteiger charge is -2.29. The fraction of sp³-hybridized carbons (Fsp3) is 0.600. The van der Waals surface area contributed by atoms with Crippen LogP contribution < -0.4 is 15.2 Å². The van der Waals surface area contributed by atoms with Gasteiger partial charge in [-0.15, -0.1) is 0 Å². The summed E-state index contributed by atoms with van der Waals surface area (Å²) in [5, 5.41) is 11.0. The number of hydrogen-bond acceptors (Lipinski definition) is 5. The summed E-state index contributed by atoms with van der Waals surface area (Å²) in [6.45, 7) is 2.50. The van der Waals surface area contributed by atoms with Gasteiger partial charge in [0.1, 0.15) is 17.6 Å². The first-order valence-corrected chi connectivity index (χ1v) is 7.44. The van der Waals surface area contributed by atoms with Crippen molar-refractivity contribution in [3.63, 3.8) is 0 Å². The van der Waals surface area contributed by atoms with Gasteiger partial charge in [-0.05, 0) is 25.7 Å². The van der Waals surface area contributed by atoms with Gasteiger partial charge in [0, 0.05) is 12.1 Å². The molecule has 0 amide bonds. The Morgan fingerprint density at radius 2 is 2.00 bits per heavy atom. The molecule has 1 aromatic carbocycles. The number of benzene rings is 1.